The van der Waals surface area contributed by atoms with E-state index in [0.29, 0.717) is 23.0 Å². The van der Waals surface area contributed by atoms with Crippen molar-refractivity contribution in [2.24, 2.45) is 0 Å². The number of benzene rings is 1. The Kier molecular flexibility index (Phi) is 2.72. The first kappa shape index (κ1) is 10.4. The van der Waals surface area contributed by atoms with Crippen molar-refractivity contribution in [2.45, 2.75) is 13.8 Å². The lowest BCUT2D eigenvalue weighted by Gasteiger charge is -2.06. The normalized spacial score (nSPS) is 10.1. The van der Waals surface area contributed by atoms with Gasteiger partial charge in [0.1, 0.15) is 11.6 Å². The molecule has 1 aromatic heterocycles. The third kappa shape index (κ3) is 2.28. The van der Waals surface area contributed by atoms with Gasteiger partial charge in [-0.15, -0.1) is 0 Å². The molecule has 0 spiro atoms. The molecular weight excluding hydrogens is 202 g/mol. The van der Waals surface area contributed by atoms with Crippen molar-refractivity contribution in [3.63, 3.8) is 0 Å². The standard InChI is InChI=1S/C12H12N3O/c1-8-5-10(3-4-12(8)13)16-11-6-14-9(2)15-7-11/h3-7,13H,1-2H3. The van der Waals surface area contributed by atoms with E-state index < -0.39 is 0 Å². The minimum Gasteiger partial charge on any atom is -0.454 e. The van der Waals surface area contributed by atoms with Crippen molar-refractivity contribution in [3.05, 3.63) is 42.0 Å². The third-order valence-corrected chi connectivity index (χ3v) is 2.19. The fraction of sp³-hybridized carbons (Fsp3) is 0.167. The summed E-state index contributed by atoms with van der Waals surface area (Å²) in [6, 6.07) is 5.29. The first-order chi connectivity index (χ1) is 7.65. The second-order valence-corrected chi connectivity index (χ2v) is 3.54. The van der Waals surface area contributed by atoms with E-state index in [4.69, 9.17) is 10.5 Å². The van der Waals surface area contributed by atoms with Crippen LogP contribution in [-0.2, 0) is 0 Å². The Morgan fingerprint density at radius 3 is 2.38 bits per heavy atom. The van der Waals surface area contributed by atoms with Gasteiger partial charge in [0.15, 0.2) is 5.75 Å². The Balaban J connectivity index is 2.20. The molecule has 0 aliphatic rings. The van der Waals surface area contributed by atoms with E-state index in [9.17, 15) is 0 Å². The fourth-order valence-corrected chi connectivity index (χ4v) is 1.27. The lowest BCUT2D eigenvalue weighted by atomic mass is 10.2. The number of nitrogens with one attached hydrogen (secondary N) is 1. The summed E-state index contributed by atoms with van der Waals surface area (Å²) in [5, 5.41) is 0. The lowest BCUT2D eigenvalue weighted by molar-refractivity contribution is 0.476. The number of aromatic nitrogens is 2. The van der Waals surface area contributed by atoms with Crippen LogP contribution in [0.4, 0.5) is 5.69 Å². The fourth-order valence-electron chi connectivity index (χ4n) is 1.27. The van der Waals surface area contributed by atoms with Crippen molar-refractivity contribution in [1.82, 2.24) is 15.7 Å². The second kappa shape index (κ2) is 4.18. The van der Waals surface area contributed by atoms with Gasteiger partial charge in [0.25, 0.3) is 0 Å². The third-order valence-electron chi connectivity index (χ3n) is 2.19. The van der Waals surface area contributed by atoms with Crippen LogP contribution < -0.4 is 10.5 Å². The molecule has 0 aliphatic carbocycles. The summed E-state index contributed by atoms with van der Waals surface area (Å²) in [6.07, 6.45) is 3.26. The maximum absolute atomic E-state index is 7.54. The van der Waals surface area contributed by atoms with Crippen LogP contribution in [0.5, 0.6) is 11.5 Å². The van der Waals surface area contributed by atoms with Crippen LogP contribution in [0, 0.1) is 13.8 Å². The molecule has 4 heteroatoms. The zero-order chi connectivity index (χ0) is 11.5. The van der Waals surface area contributed by atoms with E-state index >= 15 is 0 Å². The predicted octanol–water partition coefficient (Wildman–Crippen LogP) is 2.80. The monoisotopic (exact) mass is 214 g/mol. The molecule has 0 atom stereocenters. The van der Waals surface area contributed by atoms with Gasteiger partial charge in [0.05, 0.1) is 18.1 Å². The molecule has 81 valence electrons. The van der Waals surface area contributed by atoms with Gasteiger partial charge in [0, 0.05) is 0 Å². The van der Waals surface area contributed by atoms with E-state index in [1.54, 1.807) is 24.5 Å². The molecule has 0 fully saturated rings. The van der Waals surface area contributed by atoms with Crippen molar-refractivity contribution in [3.8, 4) is 11.5 Å². The summed E-state index contributed by atoms with van der Waals surface area (Å²) >= 11 is 0. The molecule has 4 nitrogen and oxygen atoms in total. The van der Waals surface area contributed by atoms with Crippen molar-refractivity contribution in [2.75, 3.05) is 0 Å². The molecule has 0 saturated carbocycles. The molecule has 0 bridgehead atoms. The summed E-state index contributed by atoms with van der Waals surface area (Å²) in [5.41, 5.74) is 8.93. The van der Waals surface area contributed by atoms with Crippen LogP contribution >= 0.6 is 0 Å². The summed E-state index contributed by atoms with van der Waals surface area (Å²) < 4.78 is 5.56. The summed E-state index contributed by atoms with van der Waals surface area (Å²) in [7, 11) is 0. The second-order valence-electron chi connectivity index (χ2n) is 3.54. The van der Waals surface area contributed by atoms with Gasteiger partial charge in [-0.2, -0.15) is 0 Å². The van der Waals surface area contributed by atoms with E-state index in [1.807, 2.05) is 19.9 Å². The molecule has 0 aliphatic heterocycles. The molecule has 2 rings (SSSR count). The summed E-state index contributed by atoms with van der Waals surface area (Å²) in [4.78, 5) is 8.08. The lowest BCUT2D eigenvalue weighted by Crippen LogP contribution is -1.90. The zero-order valence-electron chi connectivity index (χ0n) is 9.19. The number of aryl methyl sites for hydroxylation is 2. The molecule has 0 saturated heterocycles. The van der Waals surface area contributed by atoms with Gasteiger partial charge in [0.2, 0.25) is 0 Å². The molecule has 2 aromatic rings. The van der Waals surface area contributed by atoms with Gasteiger partial charge >= 0.3 is 0 Å². The average molecular weight is 214 g/mol. The van der Waals surface area contributed by atoms with Crippen LogP contribution in [0.15, 0.2) is 30.6 Å². The first-order valence-electron chi connectivity index (χ1n) is 4.94. The highest BCUT2D eigenvalue weighted by atomic mass is 16.5. The number of ether oxygens (including phenoxy) is 1. The minimum absolute atomic E-state index is 0.507. The Bertz CT molecular complexity index is 494. The molecule has 1 radical (unpaired) electrons. The Labute approximate surface area is 94.1 Å². The Hall–Kier alpha value is -2.10. The minimum atomic E-state index is 0.507. The molecule has 1 heterocycles. The van der Waals surface area contributed by atoms with E-state index in [0.717, 1.165) is 5.56 Å². The van der Waals surface area contributed by atoms with Gasteiger partial charge in [-0.3, -0.25) is 0 Å². The van der Waals surface area contributed by atoms with Crippen LogP contribution in [0.2, 0.25) is 0 Å². The number of hydrogen-bond acceptors (Lipinski definition) is 3. The predicted molar refractivity (Wildman–Crippen MR) is 60.8 cm³/mol. The van der Waals surface area contributed by atoms with E-state index in [2.05, 4.69) is 9.97 Å². The highest BCUT2D eigenvalue weighted by Gasteiger charge is 2.00. The molecular formula is C12H12N3O. The topological polar surface area (TPSA) is 58.8 Å². The van der Waals surface area contributed by atoms with Crippen molar-refractivity contribution in [1.29, 1.82) is 0 Å². The Morgan fingerprint density at radius 1 is 1.06 bits per heavy atom. The van der Waals surface area contributed by atoms with Gasteiger partial charge < -0.3 is 10.5 Å². The molecule has 0 unspecified atom stereocenters. The van der Waals surface area contributed by atoms with Crippen molar-refractivity contribution >= 4 is 5.69 Å². The Morgan fingerprint density at radius 2 is 1.75 bits per heavy atom. The molecule has 0 amide bonds. The summed E-state index contributed by atoms with van der Waals surface area (Å²) in [5.74, 6) is 2.01. The van der Waals surface area contributed by atoms with Crippen LogP contribution in [0.3, 0.4) is 0 Å². The molecule has 1 aromatic carbocycles. The largest absolute Gasteiger partial charge is 0.454 e. The quantitative estimate of drug-likeness (QED) is 0.772. The number of nitrogens with zero attached hydrogens (tertiary/aromatic N) is 2. The zero-order valence-corrected chi connectivity index (χ0v) is 9.19. The number of rotatable bonds is 2. The smallest absolute Gasteiger partial charge is 0.164 e. The molecule has 16 heavy (non-hydrogen) atoms. The van der Waals surface area contributed by atoms with Gasteiger partial charge in [-0.1, -0.05) is 0 Å². The molecule has 1 N–H and O–H groups in total. The van der Waals surface area contributed by atoms with E-state index in [1.165, 1.54) is 0 Å². The summed E-state index contributed by atoms with van der Waals surface area (Å²) in [6.45, 7) is 3.70. The average Bonchev–Trinajstić information content (AvgIpc) is 2.27. The van der Waals surface area contributed by atoms with Crippen LogP contribution in [0.1, 0.15) is 11.4 Å². The highest BCUT2D eigenvalue weighted by molar-refractivity contribution is 5.47. The van der Waals surface area contributed by atoms with Crippen molar-refractivity contribution < 1.29 is 4.74 Å². The SMILES string of the molecule is Cc1ncc(Oc2ccc([NH])c(C)c2)cn1. The van der Waals surface area contributed by atoms with Crippen LogP contribution in [-0.4, -0.2) is 9.97 Å². The van der Waals surface area contributed by atoms with Gasteiger partial charge in [-0.05, 0) is 37.6 Å². The highest BCUT2D eigenvalue weighted by Crippen LogP contribution is 2.24. The maximum Gasteiger partial charge on any atom is 0.164 e. The maximum atomic E-state index is 7.54. The van der Waals surface area contributed by atoms with Crippen LogP contribution in [0.25, 0.3) is 0 Å². The first-order valence-corrected chi connectivity index (χ1v) is 4.94. The van der Waals surface area contributed by atoms with Gasteiger partial charge in [-0.25, -0.2) is 9.97 Å². The van der Waals surface area contributed by atoms with E-state index in [-0.39, 0.29) is 0 Å². The number of hydrogen-bond donors (Lipinski definition) is 0.